The Kier molecular flexibility index (Phi) is 5.67. The average molecular weight is 268 g/mol. The summed E-state index contributed by atoms with van der Waals surface area (Å²) in [5, 5.41) is 3.67. The van der Waals surface area contributed by atoms with Gasteiger partial charge in [0.2, 0.25) is 0 Å². The quantitative estimate of drug-likeness (QED) is 0.750. The molecule has 0 bridgehead atoms. The summed E-state index contributed by atoms with van der Waals surface area (Å²) in [6.07, 6.45) is 7.68. The van der Waals surface area contributed by atoms with Gasteiger partial charge in [-0.15, -0.1) is 0 Å². The van der Waals surface area contributed by atoms with Crippen molar-refractivity contribution in [2.75, 3.05) is 32.7 Å². The van der Waals surface area contributed by atoms with Gasteiger partial charge in [0.25, 0.3) is 0 Å². The first kappa shape index (κ1) is 15.3. The summed E-state index contributed by atoms with van der Waals surface area (Å²) in [6.45, 7) is 12.5. The molecule has 0 amide bonds. The van der Waals surface area contributed by atoms with Crippen LogP contribution in [0.2, 0.25) is 0 Å². The minimum absolute atomic E-state index is 0.394. The monoisotopic (exact) mass is 268 g/mol. The molecule has 3 nitrogen and oxygen atoms in total. The summed E-state index contributed by atoms with van der Waals surface area (Å²) in [4.78, 5) is 2.65. The SMILES string of the molecule is CCCNCC1(CN2CC(C)OC(C)C2)CCCC1. The van der Waals surface area contributed by atoms with E-state index in [1.165, 1.54) is 45.2 Å². The zero-order valence-electron chi connectivity index (χ0n) is 13.1. The Hall–Kier alpha value is -0.120. The van der Waals surface area contributed by atoms with E-state index in [-0.39, 0.29) is 0 Å². The van der Waals surface area contributed by atoms with Crippen molar-refractivity contribution in [2.45, 2.75) is 65.1 Å². The second-order valence-electron chi connectivity index (χ2n) is 6.84. The maximum absolute atomic E-state index is 5.86. The predicted molar refractivity (Wildman–Crippen MR) is 80.5 cm³/mol. The molecule has 1 saturated carbocycles. The number of nitrogens with zero attached hydrogens (tertiary/aromatic N) is 1. The van der Waals surface area contributed by atoms with Crippen molar-refractivity contribution in [3.63, 3.8) is 0 Å². The lowest BCUT2D eigenvalue weighted by Gasteiger charge is -2.41. The van der Waals surface area contributed by atoms with Crippen molar-refractivity contribution < 1.29 is 4.74 Å². The molecule has 1 N–H and O–H groups in total. The lowest BCUT2D eigenvalue weighted by molar-refractivity contribution is -0.0773. The average Bonchev–Trinajstić information content (AvgIpc) is 2.77. The van der Waals surface area contributed by atoms with Crippen LogP contribution < -0.4 is 5.32 Å². The molecule has 0 aromatic rings. The zero-order valence-corrected chi connectivity index (χ0v) is 13.1. The Bertz CT molecular complexity index is 253. The van der Waals surface area contributed by atoms with Gasteiger partial charge < -0.3 is 10.1 Å². The number of nitrogens with one attached hydrogen (secondary N) is 1. The van der Waals surface area contributed by atoms with Crippen molar-refractivity contribution in [2.24, 2.45) is 5.41 Å². The molecule has 1 heterocycles. The highest BCUT2D eigenvalue weighted by atomic mass is 16.5. The topological polar surface area (TPSA) is 24.5 Å². The molecule has 0 spiro atoms. The highest BCUT2D eigenvalue weighted by Gasteiger charge is 2.36. The first-order chi connectivity index (χ1) is 9.13. The molecule has 19 heavy (non-hydrogen) atoms. The molecule has 2 aliphatic rings. The molecule has 2 fully saturated rings. The van der Waals surface area contributed by atoms with Gasteiger partial charge in [-0.3, -0.25) is 4.90 Å². The lowest BCUT2D eigenvalue weighted by Crippen LogP contribution is -2.51. The summed E-state index contributed by atoms with van der Waals surface area (Å²) in [5.41, 5.74) is 0.534. The second-order valence-corrected chi connectivity index (χ2v) is 6.84. The van der Waals surface area contributed by atoms with Gasteiger partial charge in [0.15, 0.2) is 0 Å². The molecule has 2 unspecified atom stereocenters. The standard InChI is InChI=1S/C16H32N2O/c1-4-9-17-12-16(7-5-6-8-16)13-18-10-14(2)19-15(3)11-18/h14-15,17H,4-13H2,1-3H3. The van der Waals surface area contributed by atoms with E-state index in [1.807, 2.05) is 0 Å². The molecule has 0 radical (unpaired) electrons. The van der Waals surface area contributed by atoms with Crippen LogP contribution in [-0.4, -0.2) is 49.8 Å². The molecular weight excluding hydrogens is 236 g/mol. The van der Waals surface area contributed by atoms with Gasteiger partial charge in [-0.05, 0) is 45.1 Å². The van der Waals surface area contributed by atoms with Crippen LogP contribution in [0, 0.1) is 5.41 Å². The van der Waals surface area contributed by atoms with Crippen molar-refractivity contribution in [3.05, 3.63) is 0 Å². The summed E-state index contributed by atoms with van der Waals surface area (Å²) < 4.78 is 5.86. The third-order valence-corrected chi connectivity index (χ3v) is 4.65. The Labute approximate surface area is 119 Å². The van der Waals surface area contributed by atoms with Gasteiger partial charge >= 0.3 is 0 Å². The fraction of sp³-hybridized carbons (Fsp3) is 1.00. The van der Waals surface area contributed by atoms with Crippen LogP contribution in [0.4, 0.5) is 0 Å². The minimum Gasteiger partial charge on any atom is -0.373 e. The fourth-order valence-electron chi connectivity index (χ4n) is 3.93. The van der Waals surface area contributed by atoms with Crippen LogP contribution in [0.25, 0.3) is 0 Å². The number of hydrogen-bond donors (Lipinski definition) is 1. The molecule has 1 saturated heterocycles. The Balaban J connectivity index is 1.88. The Morgan fingerprint density at radius 3 is 2.37 bits per heavy atom. The van der Waals surface area contributed by atoms with E-state index in [9.17, 15) is 0 Å². The lowest BCUT2D eigenvalue weighted by atomic mass is 9.85. The molecule has 0 aromatic carbocycles. The van der Waals surface area contributed by atoms with E-state index in [1.54, 1.807) is 0 Å². The Morgan fingerprint density at radius 2 is 1.79 bits per heavy atom. The van der Waals surface area contributed by atoms with Gasteiger partial charge in [0, 0.05) is 26.2 Å². The van der Waals surface area contributed by atoms with Gasteiger partial charge in [0.05, 0.1) is 12.2 Å². The summed E-state index contributed by atoms with van der Waals surface area (Å²) in [5.74, 6) is 0. The van der Waals surface area contributed by atoms with E-state index in [4.69, 9.17) is 4.74 Å². The van der Waals surface area contributed by atoms with Crippen LogP contribution in [-0.2, 0) is 4.74 Å². The van der Waals surface area contributed by atoms with E-state index in [0.717, 1.165) is 19.6 Å². The van der Waals surface area contributed by atoms with Crippen LogP contribution >= 0.6 is 0 Å². The van der Waals surface area contributed by atoms with Crippen LogP contribution in [0.15, 0.2) is 0 Å². The van der Waals surface area contributed by atoms with Gasteiger partial charge in [-0.2, -0.15) is 0 Å². The van der Waals surface area contributed by atoms with Crippen LogP contribution in [0.1, 0.15) is 52.9 Å². The fourth-order valence-corrected chi connectivity index (χ4v) is 3.93. The van der Waals surface area contributed by atoms with Gasteiger partial charge in [-0.1, -0.05) is 19.8 Å². The third kappa shape index (κ3) is 4.44. The van der Waals surface area contributed by atoms with Crippen LogP contribution in [0.3, 0.4) is 0 Å². The van der Waals surface area contributed by atoms with Crippen molar-refractivity contribution >= 4 is 0 Å². The van der Waals surface area contributed by atoms with Crippen molar-refractivity contribution in [1.82, 2.24) is 10.2 Å². The normalized spacial score (nSPS) is 31.7. The third-order valence-electron chi connectivity index (χ3n) is 4.65. The largest absolute Gasteiger partial charge is 0.373 e. The maximum atomic E-state index is 5.86. The predicted octanol–water partition coefficient (Wildman–Crippen LogP) is 2.66. The van der Waals surface area contributed by atoms with Gasteiger partial charge in [0.1, 0.15) is 0 Å². The van der Waals surface area contributed by atoms with Gasteiger partial charge in [-0.25, -0.2) is 0 Å². The molecule has 1 aliphatic carbocycles. The van der Waals surface area contributed by atoms with Crippen LogP contribution in [0.5, 0.6) is 0 Å². The maximum Gasteiger partial charge on any atom is 0.0678 e. The van der Waals surface area contributed by atoms with E-state index in [0.29, 0.717) is 17.6 Å². The van der Waals surface area contributed by atoms with Crippen molar-refractivity contribution in [1.29, 1.82) is 0 Å². The minimum atomic E-state index is 0.394. The molecule has 3 heteroatoms. The molecular formula is C16H32N2O. The number of morpholine rings is 1. The summed E-state index contributed by atoms with van der Waals surface area (Å²) in [6, 6.07) is 0. The first-order valence-electron chi connectivity index (χ1n) is 8.22. The first-order valence-corrected chi connectivity index (χ1v) is 8.22. The van der Waals surface area contributed by atoms with E-state index >= 15 is 0 Å². The molecule has 1 aliphatic heterocycles. The highest BCUT2D eigenvalue weighted by molar-refractivity contribution is 4.91. The number of ether oxygens (including phenoxy) is 1. The zero-order chi connectivity index (χ0) is 13.7. The molecule has 112 valence electrons. The number of hydrogen-bond acceptors (Lipinski definition) is 3. The smallest absolute Gasteiger partial charge is 0.0678 e. The Morgan fingerprint density at radius 1 is 1.16 bits per heavy atom. The molecule has 2 rings (SSSR count). The van der Waals surface area contributed by atoms with E-state index < -0.39 is 0 Å². The highest BCUT2D eigenvalue weighted by Crippen LogP contribution is 2.38. The molecule has 0 aromatic heterocycles. The van der Waals surface area contributed by atoms with Crippen molar-refractivity contribution in [3.8, 4) is 0 Å². The molecule has 2 atom stereocenters. The second kappa shape index (κ2) is 7.05. The number of rotatable bonds is 6. The van der Waals surface area contributed by atoms with E-state index in [2.05, 4.69) is 31.0 Å². The summed E-state index contributed by atoms with van der Waals surface area (Å²) >= 11 is 0. The summed E-state index contributed by atoms with van der Waals surface area (Å²) in [7, 11) is 0.